The minimum Gasteiger partial charge on any atom is -0.342 e. The van der Waals surface area contributed by atoms with Gasteiger partial charge in [0.1, 0.15) is 11.0 Å². The van der Waals surface area contributed by atoms with Crippen molar-refractivity contribution in [2.75, 3.05) is 13.1 Å². The number of rotatable bonds is 9. The van der Waals surface area contributed by atoms with Crippen LogP contribution in [0.3, 0.4) is 0 Å². The third kappa shape index (κ3) is 5.55. The molecule has 156 valence electrons. The van der Waals surface area contributed by atoms with E-state index in [9.17, 15) is 4.79 Å². The van der Waals surface area contributed by atoms with E-state index in [1.807, 2.05) is 29.6 Å². The van der Waals surface area contributed by atoms with E-state index in [0.717, 1.165) is 23.5 Å². The molecule has 0 radical (unpaired) electrons. The molecule has 0 aliphatic heterocycles. The highest BCUT2D eigenvalue weighted by Gasteiger charge is 2.26. The Balaban J connectivity index is 1.44. The lowest BCUT2D eigenvalue weighted by atomic mass is 10.1. The third-order valence-electron chi connectivity index (χ3n) is 5.85. The molecule has 1 heterocycles. The molecule has 1 aliphatic rings. The van der Waals surface area contributed by atoms with Gasteiger partial charge in [0.25, 0.3) is 0 Å². The molecule has 1 amide bonds. The quantitative estimate of drug-likeness (QED) is 0.540. The van der Waals surface area contributed by atoms with Gasteiger partial charge in [0.05, 0.1) is 6.54 Å². The van der Waals surface area contributed by atoms with Gasteiger partial charge >= 0.3 is 0 Å². The lowest BCUT2D eigenvalue weighted by Gasteiger charge is -2.29. The Kier molecular flexibility index (Phi) is 7.27. The maximum Gasteiger partial charge on any atom is 0.235 e. The Hall–Kier alpha value is -2.50. The number of thiazole rings is 1. The molecule has 1 aromatic heterocycles. The fourth-order valence-electron chi connectivity index (χ4n) is 4.28. The lowest BCUT2D eigenvalue weighted by molar-refractivity contribution is -0.123. The second-order valence-corrected chi connectivity index (χ2v) is 8.85. The van der Waals surface area contributed by atoms with Gasteiger partial charge in [0, 0.05) is 24.2 Å². The first-order valence-corrected chi connectivity index (χ1v) is 11.7. The minimum atomic E-state index is -0.196. The van der Waals surface area contributed by atoms with Crippen LogP contribution in [-0.4, -0.2) is 34.9 Å². The Morgan fingerprint density at radius 1 is 1.07 bits per heavy atom. The maximum atomic E-state index is 13.1. The zero-order chi connectivity index (χ0) is 20.6. The van der Waals surface area contributed by atoms with Gasteiger partial charge in [0.15, 0.2) is 0 Å². The molecular formula is C25H29N3OS. The molecule has 5 heteroatoms. The van der Waals surface area contributed by atoms with E-state index < -0.39 is 0 Å². The molecule has 4 nitrogen and oxygen atoms in total. The summed E-state index contributed by atoms with van der Waals surface area (Å²) < 4.78 is 0. The predicted molar refractivity (Wildman–Crippen MR) is 123 cm³/mol. The van der Waals surface area contributed by atoms with Crippen LogP contribution in [0.4, 0.5) is 0 Å². The smallest absolute Gasteiger partial charge is 0.235 e. The summed E-state index contributed by atoms with van der Waals surface area (Å²) in [6, 6.07) is 21.0. The molecule has 1 N–H and O–H groups in total. The summed E-state index contributed by atoms with van der Waals surface area (Å²) in [7, 11) is 0. The van der Waals surface area contributed by atoms with E-state index in [1.165, 1.54) is 31.2 Å². The van der Waals surface area contributed by atoms with Crippen LogP contribution in [0.2, 0.25) is 0 Å². The standard InChI is InChI=1S/C25H29N3OS/c29-23(27-24(25-26-16-18-30-25)21-11-5-2-6-12-21)19-28(22-13-7-8-14-22)17-15-20-9-3-1-4-10-20/h1-6,9-12,16,18,22,24H,7-8,13-15,17,19H2,(H,27,29). The summed E-state index contributed by atoms with van der Waals surface area (Å²) in [4.78, 5) is 20.0. The Labute approximate surface area is 183 Å². The van der Waals surface area contributed by atoms with E-state index in [0.29, 0.717) is 12.6 Å². The first-order chi connectivity index (χ1) is 14.8. The van der Waals surface area contributed by atoms with Gasteiger partial charge in [-0.05, 0) is 30.4 Å². The molecule has 1 fully saturated rings. The number of hydrogen-bond acceptors (Lipinski definition) is 4. The van der Waals surface area contributed by atoms with Crippen molar-refractivity contribution in [3.63, 3.8) is 0 Å². The molecule has 0 spiro atoms. The minimum absolute atomic E-state index is 0.0685. The largest absolute Gasteiger partial charge is 0.342 e. The second kappa shape index (κ2) is 10.5. The zero-order valence-electron chi connectivity index (χ0n) is 17.2. The number of benzene rings is 2. The van der Waals surface area contributed by atoms with Gasteiger partial charge in [-0.3, -0.25) is 9.69 Å². The summed E-state index contributed by atoms with van der Waals surface area (Å²) >= 11 is 1.58. The number of nitrogens with zero attached hydrogens (tertiary/aromatic N) is 2. The van der Waals surface area contributed by atoms with Gasteiger partial charge in [-0.15, -0.1) is 11.3 Å². The maximum absolute atomic E-state index is 13.1. The van der Waals surface area contributed by atoms with Crippen LogP contribution >= 0.6 is 11.3 Å². The predicted octanol–water partition coefficient (Wildman–Crippen LogP) is 4.84. The Bertz CT molecular complexity index is 893. The highest BCUT2D eigenvalue weighted by molar-refractivity contribution is 7.09. The lowest BCUT2D eigenvalue weighted by Crippen LogP contribution is -2.44. The fraction of sp³-hybridized carbons (Fsp3) is 0.360. The molecule has 1 unspecified atom stereocenters. The first kappa shape index (κ1) is 20.8. The van der Waals surface area contributed by atoms with Crippen LogP contribution in [0, 0.1) is 0 Å². The Morgan fingerprint density at radius 3 is 2.43 bits per heavy atom. The van der Waals surface area contributed by atoms with Crippen molar-refractivity contribution in [1.82, 2.24) is 15.2 Å². The summed E-state index contributed by atoms with van der Waals surface area (Å²) in [6.45, 7) is 1.35. The van der Waals surface area contributed by atoms with E-state index in [1.54, 1.807) is 17.5 Å². The highest BCUT2D eigenvalue weighted by Crippen LogP contribution is 2.25. The van der Waals surface area contributed by atoms with Gasteiger partial charge in [-0.1, -0.05) is 73.5 Å². The van der Waals surface area contributed by atoms with Gasteiger partial charge in [-0.2, -0.15) is 0 Å². The summed E-state index contributed by atoms with van der Waals surface area (Å²) in [5.41, 5.74) is 2.39. The molecule has 30 heavy (non-hydrogen) atoms. The SMILES string of the molecule is O=C(CN(CCc1ccccc1)C1CCCC1)NC(c1ccccc1)c1nccs1. The molecule has 1 aliphatic carbocycles. The van der Waals surface area contributed by atoms with Crippen molar-refractivity contribution in [3.8, 4) is 0 Å². The van der Waals surface area contributed by atoms with Crippen molar-refractivity contribution < 1.29 is 4.79 Å². The van der Waals surface area contributed by atoms with Crippen LogP contribution in [-0.2, 0) is 11.2 Å². The van der Waals surface area contributed by atoms with Crippen molar-refractivity contribution in [1.29, 1.82) is 0 Å². The van der Waals surface area contributed by atoms with Crippen molar-refractivity contribution in [2.45, 2.75) is 44.2 Å². The molecule has 1 saturated carbocycles. The van der Waals surface area contributed by atoms with Crippen LogP contribution in [0.25, 0.3) is 0 Å². The Morgan fingerprint density at radius 2 is 1.77 bits per heavy atom. The molecule has 3 aromatic rings. The van der Waals surface area contributed by atoms with Crippen LogP contribution in [0.1, 0.15) is 47.9 Å². The van der Waals surface area contributed by atoms with Crippen LogP contribution < -0.4 is 5.32 Å². The highest BCUT2D eigenvalue weighted by atomic mass is 32.1. The topological polar surface area (TPSA) is 45.2 Å². The van der Waals surface area contributed by atoms with Crippen molar-refractivity contribution in [3.05, 3.63) is 88.4 Å². The molecule has 2 aromatic carbocycles. The second-order valence-electron chi connectivity index (χ2n) is 7.93. The molecular weight excluding hydrogens is 390 g/mol. The van der Waals surface area contributed by atoms with Gasteiger partial charge < -0.3 is 5.32 Å². The monoisotopic (exact) mass is 419 g/mol. The summed E-state index contributed by atoms with van der Waals surface area (Å²) in [6.07, 6.45) is 7.68. The zero-order valence-corrected chi connectivity index (χ0v) is 18.1. The number of aromatic nitrogens is 1. The number of amides is 1. The van der Waals surface area contributed by atoms with E-state index >= 15 is 0 Å². The third-order valence-corrected chi connectivity index (χ3v) is 6.70. The number of carbonyl (C=O) groups excluding carboxylic acids is 1. The average molecular weight is 420 g/mol. The number of carbonyl (C=O) groups is 1. The number of hydrogen-bond donors (Lipinski definition) is 1. The van der Waals surface area contributed by atoms with E-state index in [-0.39, 0.29) is 11.9 Å². The average Bonchev–Trinajstić information content (AvgIpc) is 3.51. The van der Waals surface area contributed by atoms with Crippen molar-refractivity contribution in [2.24, 2.45) is 0 Å². The molecule has 0 saturated heterocycles. The molecule has 4 rings (SSSR count). The van der Waals surface area contributed by atoms with E-state index in [2.05, 4.69) is 51.6 Å². The van der Waals surface area contributed by atoms with Crippen LogP contribution in [0.15, 0.2) is 72.2 Å². The van der Waals surface area contributed by atoms with Gasteiger partial charge in [0.2, 0.25) is 5.91 Å². The van der Waals surface area contributed by atoms with Crippen LogP contribution in [0.5, 0.6) is 0 Å². The molecule has 1 atom stereocenters. The summed E-state index contributed by atoms with van der Waals surface area (Å²) in [5, 5.41) is 6.14. The molecule has 0 bridgehead atoms. The van der Waals surface area contributed by atoms with Gasteiger partial charge in [-0.25, -0.2) is 4.98 Å². The normalized spacial score (nSPS) is 15.4. The number of nitrogens with one attached hydrogen (secondary N) is 1. The fourth-order valence-corrected chi connectivity index (χ4v) is 4.99. The van der Waals surface area contributed by atoms with E-state index in [4.69, 9.17) is 0 Å². The first-order valence-electron chi connectivity index (χ1n) is 10.8. The summed E-state index contributed by atoms with van der Waals surface area (Å²) in [5.74, 6) is 0.0685. The van der Waals surface area contributed by atoms with Crippen molar-refractivity contribution >= 4 is 17.2 Å².